The molecule has 3 heterocycles. The topological polar surface area (TPSA) is 45.5 Å². The SMILES string of the molecule is CN1CCC(Nc2ccc3ncc(Br)n3n2)CC1. The molecule has 0 bridgehead atoms. The zero-order valence-electron chi connectivity index (χ0n) is 10.3. The molecule has 1 fully saturated rings. The molecule has 1 N–H and O–H groups in total. The maximum absolute atomic E-state index is 4.53. The number of rotatable bonds is 2. The van der Waals surface area contributed by atoms with Crippen molar-refractivity contribution in [1.82, 2.24) is 19.5 Å². The van der Waals surface area contributed by atoms with Crippen LogP contribution in [0.3, 0.4) is 0 Å². The van der Waals surface area contributed by atoms with Crippen LogP contribution in [0.25, 0.3) is 5.65 Å². The van der Waals surface area contributed by atoms with Crippen LogP contribution in [0.15, 0.2) is 22.9 Å². The van der Waals surface area contributed by atoms with Crippen LogP contribution < -0.4 is 5.32 Å². The minimum atomic E-state index is 0.522. The van der Waals surface area contributed by atoms with Crippen LogP contribution in [-0.4, -0.2) is 45.7 Å². The highest BCUT2D eigenvalue weighted by atomic mass is 79.9. The average Bonchev–Trinajstić information content (AvgIpc) is 2.74. The van der Waals surface area contributed by atoms with Gasteiger partial charge in [0.25, 0.3) is 0 Å². The molecule has 0 aromatic carbocycles. The molecule has 1 aliphatic rings. The van der Waals surface area contributed by atoms with Crippen molar-refractivity contribution in [3.63, 3.8) is 0 Å². The molecule has 2 aromatic heterocycles. The summed E-state index contributed by atoms with van der Waals surface area (Å²) in [7, 11) is 2.17. The van der Waals surface area contributed by atoms with Crippen LogP contribution in [0.4, 0.5) is 5.82 Å². The van der Waals surface area contributed by atoms with Crippen molar-refractivity contribution in [2.24, 2.45) is 0 Å². The Labute approximate surface area is 114 Å². The summed E-state index contributed by atoms with van der Waals surface area (Å²) in [5.74, 6) is 0.913. The highest BCUT2D eigenvalue weighted by Gasteiger charge is 2.16. The van der Waals surface area contributed by atoms with Crippen molar-refractivity contribution in [2.75, 3.05) is 25.5 Å². The molecule has 1 aliphatic heterocycles. The number of aromatic nitrogens is 3. The van der Waals surface area contributed by atoms with Crippen molar-refractivity contribution in [3.05, 3.63) is 22.9 Å². The Balaban J connectivity index is 1.76. The van der Waals surface area contributed by atoms with E-state index in [2.05, 4.69) is 43.3 Å². The van der Waals surface area contributed by atoms with Gasteiger partial charge in [-0.2, -0.15) is 0 Å². The molecule has 2 aromatic rings. The van der Waals surface area contributed by atoms with Crippen molar-refractivity contribution >= 4 is 27.4 Å². The predicted molar refractivity (Wildman–Crippen MR) is 74.8 cm³/mol. The smallest absolute Gasteiger partial charge is 0.154 e. The number of hydrogen-bond donors (Lipinski definition) is 1. The average molecular weight is 310 g/mol. The lowest BCUT2D eigenvalue weighted by Gasteiger charge is -2.29. The fourth-order valence-electron chi connectivity index (χ4n) is 2.28. The van der Waals surface area contributed by atoms with Gasteiger partial charge in [-0.25, -0.2) is 9.50 Å². The van der Waals surface area contributed by atoms with E-state index in [-0.39, 0.29) is 0 Å². The highest BCUT2D eigenvalue weighted by molar-refractivity contribution is 9.10. The molecule has 0 spiro atoms. The van der Waals surface area contributed by atoms with Crippen LogP contribution in [0.1, 0.15) is 12.8 Å². The number of piperidine rings is 1. The number of anilines is 1. The number of nitrogens with zero attached hydrogens (tertiary/aromatic N) is 4. The summed E-state index contributed by atoms with van der Waals surface area (Å²) in [6, 6.07) is 4.50. The molecule has 0 aliphatic carbocycles. The number of imidazole rings is 1. The normalized spacial score (nSPS) is 18.3. The van der Waals surface area contributed by atoms with Crippen LogP contribution in [-0.2, 0) is 0 Å². The van der Waals surface area contributed by atoms with E-state index in [9.17, 15) is 0 Å². The molecular weight excluding hydrogens is 294 g/mol. The predicted octanol–water partition coefficient (Wildman–Crippen LogP) is 2.00. The Hall–Kier alpha value is -1.14. The second-order valence-corrected chi connectivity index (χ2v) is 5.60. The molecule has 5 nitrogen and oxygen atoms in total. The van der Waals surface area contributed by atoms with Gasteiger partial charge in [-0.1, -0.05) is 0 Å². The van der Waals surface area contributed by atoms with Gasteiger partial charge in [0.1, 0.15) is 10.4 Å². The van der Waals surface area contributed by atoms with E-state index in [1.807, 2.05) is 12.1 Å². The van der Waals surface area contributed by atoms with Crippen molar-refractivity contribution in [2.45, 2.75) is 18.9 Å². The van der Waals surface area contributed by atoms with Crippen molar-refractivity contribution < 1.29 is 0 Å². The zero-order valence-corrected chi connectivity index (χ0v) is 11.9. The van der Waals surface area contributed by atoms with E-state index in [4.69, 9.17) is 0 Å². The number of nitrogens with one attached hydrogen (secondary N) is 1. The first kappa shape index (κ1) is 11.9. The third-order valence-corrected chi connectivity index (χ3v) is 3.93. The standard InChI is InChI=1S/C12H16BrN5/c1-17-6-4-9(5-7-17)15-11-2-3-12-14-8-10(13)18(12)16-11/h2-3,8-9H,4-7H2,1H3,(H,15,16). The van der Waals surface area contributed by atoms with Gasteiger partial charge >= 0.3 is 0 Å². The zero-order chi connectivity index (χ0) is 12.5. The summed E-state index contributed by atoms with van der Waals surface area (Å²) < 4.78 is 2.68. The summed E-state index contributed by atoms with van der Waals surface area (Å²) in [6.07, 6.45) is 4.10. The molecule has 0 unspecified atom stereocenters. The Morgan fingerprint density at radius 1 is 1.33 bits per heavy atom. The summed E-state index contributed by atoms with van der Waals surface area (Å²) in [4.78, 5) is 6.60. The van der Waals surface area contributed by atoms with Crippen LogP contribution in [0.5, 0.6) is 0 Å². The maximum Gasteiger partial charge on any atom is 0.154 e. The largest absolute Gasteiger partial charge is 0.366 e. The molecule has 0 atom stereocenters. The van der Waals surface area contributed by atoms with E-state index < -0.39 is 0 Å². The van der Waals surface area contributed by atoms with Gasteiger partial charge in [-0.05, 0) is 61.0 Å². The minimum absolute atomic E-state index is 0.522. The van der Waals surface area contributed by atoms with Gasteiger partial charge in [-0.3, -0.25) is 0 Å². The van der Waals surface area contributed by atoms with Crippen LogP contribution in [0, 0.1) is 0 Å². The number of likely N-dealkylation sites (tertiary alicyclic amines) is 1. The molecule has 96 valence electrons. The monoisotopic (exact) mass is 309 g/mol. The Bertz CT molecular complexity index is 544. The molecule has 6 heteroatoms. The third-order valence-electron chi connectivity index (χ3n) is 3.39. The van der Waals surface area contributed by atoms with Crippen LogP contribution >= 0.6 is 15.9 Å². The molecule has 0 radical (unpaired) electrons. The number of hydrogen-bond acceptors (Lipinski definition) is 4. The third kappa shape index (κ3) is 2.35. The first-order valence-corrected chi connectivity index (χ1v) is 6.97. The van der Waals surface area contributed by atoms with E-state index in [1.54, 1.807) is 10.7 Å². The summed E-state index contributed by atoms with van der Waals surface area (Å²) in [5, 5.41) is 8.03. The number of halogens is 1. The van der Waals surface area contributed by atoms with Gasteiger partial charge in [-0.15, -0.1) is 5.10 Å². The molecule has 3 rings (SSSR count). The van der Waals surface area contributed by atoms with E-state index in [1.165, 1.54) is 12.8 Å². The van der Waals surface area contributed by atoms with Gasteiger partial charge in [0.2, 0.25) is 0 Å². The van der Waals surface area contributed by atoms with Crippen molar-refractivity contribution in [1.29, 1.82) is 0 Å². The lowest BCUT2D eigenvalue weighted by Crippen LogP contribution is -2.36. The first-order chi connectivity index (χ1) is 8.72. The summed E-state index contributed by atoms with van der Waals surface area (Å²) >= 11 is 3.44. The van der Waals surface area contributed by atoms with Gasteiger partial charge in [0.05, 0.1) is 6.20 Å². The second kappa shape index (κ2) is 4.85. The molecule has 1 saturated heterocycles. The quantitative estimate of drug-likeness (QED) is 0.921. The Kier molecular flexibility index (Phi) is 3.22. The summed E-state index contributed by atoms with van der Waals surface area (Å²) in [5.41, 5.74) is 0.857. The van der Waals surface area contributed by atoms with Gasteiger partial charge in [0, 0.05) is 6.04 Å². The summed E-state index contributed by atoms with van der Waals surface area (Å²) in [6.45, 7) is 2.30. The number of fused-ring (bicyclic) bond motifs is 1. The molecule has 0 saturated carbocycles. The fourth-order valence-corrected chi connectivity index (χ4v) is 2.65. The Morgan fingerprint density at radius 2 is 2.11 bits per heavy atom. The first-order valence-electron chi connectivity index (χ1n) is 6.18. The lowest BCUT2D eigenvalue weighted by atomic mass is 10.1. The second-order valence-electron chi connectivity index (χ2n) is 4.79. The van der Waals surface area contributed by atoms with Gasteiger partial charge < -0.3 is 10.2 Å². The van der Waals surface area contributed by atoms with Gasteiger partial charge in [0.15, 0.2) is 5.65 Å². The maximum atomic E-state index is 4.53. The lowest BCUT2D eigenvalue weighted by molar-refractivity contribution is 0.263. The molecular formula is C12H16BrN5. The van der Waals surface area contributed by atoms with Crippen molar-refractivity contribution in [3.8, 4) is 0 Å². The molecule has 18 heavy (non-hydrogen) atoms. The fraction of sp³-hybridized carbons (Fsp3) is 0.500. The van der Waals surface area contributed by atoms with Crippen LogP contribution in [0.2, 0.25) is 0 Å². The highest BCUT2D eigenvalue weighted by Crippen LogP contribution is 2.17. The van der Waals surface area contributed by atoms with E-state index in [0.717, 1.165) is 29.2 Å². The Morgan fingerprint density at radius 3 is 2.89 bits per heavy atom. The molecule has 0 amide bonds. The minimum Gasteiger partial charge on any atom is -0.366 e. The van der Waals surface area contributed by atoms with E-state index >= 15 is 0 Å². The van der Waals surface area contributed by atoms with E-state index in [0.29, 0.717) is 6.04 Å².